The largest absolute Gasteiger partial charge is 0.389 e. The van der Waals surface area contributed by atoms with Gasteiger partial charge in [-0.25, -0.2) is 0 Å². The third-order valence-electron chi connectivity index (χ3n) is 3.25. The van der Waals surface area contributed by atoms with Gasteiger partial charge in [-0.15, -0.1) is 0 Å². The van der Waals surface area contributed by atoms with E-state index in [0.29, 0.717) is 6.54 Å². The highest BCUT2D eigenvalue weighted by Crippen LogP contribution is 2.33. The second-order valence-electron chi connectivity index (χ2n) is 5.06. The molecule has 0 aliphatic carbocycles. The average Bonchev–Trinajstić information content (AvgIpc) is 2.58. The zero-order valence-electron chi connectivity index (χ0n) is 10.2. The lowest BCUT2D eigenvalue weighted by Crippen LogP contribution is -2.29. The molecule has 17 heavy (non-hydrogen) atoms. The molecule has 2 N–H and O–H groups in total. The van der Waals surface area contributed by atoms with Crippen LogP contribution in [0.2, 0.25) is 0 Å². The van der Waals surface area contributed by atoms with Gasteiger partial charge >= 0.3 is 0 Å². The van der Waals surface area contributed by atoms with Crippen molar-refractivity contribution in [3.8, 4) is 0 Å². The quantitative estimate of drug-likeness (QED) is 0.882. The van der Waals surface area contributed by atoms with Crippen molar-refractivity contribution >= 4 is 21.6 Å². The van der Waals surface area contributed by atoms with Crippen molar-refractivity contribution in [2.45, 2.75) is 32.0 Å². The Bertz CT molecular complexity index is 418. The number of anilines is 1. The smallest absolute Gasteiger partial charge is 0.0810 e. The third-order valence-corrected chi connectivity index (χ3v) is 3.88. The van der Waals surface area contributed by atoms with Crippen molar-refractivity contribution in [3.63, 3.8) is 0 Å². The minimum atomic E-state index is -0.595. The van der Waals surface area contributed by atoms with E-state index in [1.54, 1.807) is 6.92 Å². The summed E-state index contributed by atoms with van der Waals surface area (Å²) in [5.41, 5.74) is 1.38. The Hall–Kier alpha value is -0.580. The Morgan fingerprint density at radius 2 is 2.18 bits per heavy atom. The van der Waals surface area contributed by atoms with Gasteiger partial charge in [0.25, 0.3) is 0 Å². The van der Waals surface area contributed by atoms with Crippen LogP contribution in [0.5, 0.6) is 0 Å². The molecule has 1 saturated heterocycles. The number of aliphatic hydroxyl groups excluding tert-OH is 1. The lowest BCUT2D eigenvalue weighted by atomic mass is 10.1. The molecule has 0 spiro atoms. The molecule has 0 bridgehead atoms. The van der Waals surface area contributed by atoms with Crippen LogP contribution in [-0.2, 0) is 0 Å². The van der Waals surface area contributed by atoms with E-state index < -0.39 is 11.7 Å². The van der Waals surface area contributed by atoms with E-state index in [-0.39, 0.29) is 0 Å². The zero-order valence-corrected chi connectivity index (χ0v) is 11.7. The molecular weight excluding hydrogens is 282 g/mol. The lowest BCUT2D eigenvalue weighted by Gasteiger charge is -2.22. The van der Waals surface area contributed by atoms with Crippen molar-refractivity contribution in [2.24, 2.45) is 0 Å². The van der Waals surface area contributed by atoms with E-state index in [0.717, 1.165) is 28.7 Å². The lowest BCUT2D eigenvalue weighted by molar-refractivity contribution is 0.0839. The van der Waals surface area contributed by atoms with Crippen molar-refractivity contribution in [2.75, 3.05) is 18.0 Å². The van der Waals surface area contributed by atoms with E-state index >= 15 is 0 Å². The molecule has 0 radical (unpaired) electrons. The highest BCUT2D eigenvalue weighted by Gasteiger charge is 2.32. The van der Waals surface area contributed by atoms with Gasteiger partial charge in [0.2, 0.25) is 0 Å². The Morgan fingerprint density at radius 1 is 1.47 bits per heavy atom. The summed E-state index contributed by atoms with van der Waals surface area (Å²) in [5, 5.41) is 19.5. The fourth-order valence-corrected chi connectivity index (χ4v) is 2.84. The van der Waals surface area contributed by atoms with Crippen molar-refractivity contribution in [3.05, 3.63) is 28.2 Å². The van der Waals surface area contributed by atoms with Gasteiger partial charge in [0.15, 0.2) is 0 Å². The number of β-amino-alcohol motifs (C(OH)–C–C–N with tert-alkyl or cyclic N) is 1. The summed E-state index contributed by atoms with van der Waals surface area (Å²) in [4.78, 5) is 2.16. The first kappa shape index (κ1) is 12.9. The summed E-state index contributed by atoms with van der Waals surface area (Å²) in [7, 11) is 0. The molecule has 0 saturated carbocycles. The standard InChI is InChI=1S/C13H18BrNO2/c1-9(16)10-3-4-12(11(14)7-10)15-6-5-13(2,17)8-15/h3-4,7,9,16-17H,5-6,8H2,1-2H3/t9-,13?/m1/s1. The number of aliphatic hydroxyl groups is 2. The monoisotopic (exact) mass is 299 g/mol. The molecule has 0 aromatic heterocycles. The van der Waals surface area contributed by atoms with E-state index in [9.17, 15) is 10.2 Å². The predicted molar refractivity (Wildman–Crippen MR) is 72.2 cm³/mol. The minimum Gasteiger partial charge on any atom is -0.389 e. The van der Waals surface area contributed by atoms with Gasteiger partial charge in [-0.1, -0.05) is 6.07 Å². The molecule has 1 aliphatic rings. The summed E-state index contributed by atoms with van der Waals surface area (Å²) in [6.07, 6.45) is 0.333. The Kier molecular flexibility index (Phi) is 3.48. The second-order valence-corrected chi connectivity index (χ2v) is 5.91. The van der Waals surface area contributed by atoms with Gasteiger partial charge in [-0.2, -0.15) is 0 Å². The Labute approximate surface area is 110 Å². The SMILES string of the molecule is C[C@@H](O)c1ccc(N2CCC(C)(O)C2)c(Br)c1. The highest BCUT2D eigenvalue weighted by atomic mass is 79.9. The summed E-state index contributed by atoms with van der Waals surface area (Å²) < 4.78 is 0.966. The topological polar surface area (TPSA) is 43.7 Å². The summed E-state index contributed by atoms with van der Waals surface area (Å²) in [6.45, 7) is 5.13. The molecule has 1 heterocycles. The van der Waals surface area contributed by atoms with Crippen LogP contribution < -0.4 is 4.90 Å². The van der Waals surface area contributed by atoms with Crippen LogP contribution in [0.1, 0.15) is 31.9 Å². The molecule has 1 aromatic rings. The van der Waals surface area contributed by atoms with Crippen molar-refractivity contribution in [1.82, 2.24) is 0 Å². The third kappa shape index (κ3) is 2.81. The molecule has 1 fully saturated rings. The maximum atomic E-state index is 9.96. The van der Waals surface area contributed by atoms with Crippen molar-refractivity contribution < 1.29 is 10.2 Å². The Morgan fingerprint density at radius 3 is 2.65 bits per heavy atom. The van der Waals surface area contributed by atoms with Gasteiger partial charge in [0.05, 0.1) is 17.4 Å². The average molecular weight is 300 g/mol. The summed E-state index contributed by atoms with van der Waals surface area (Å²) >= 11 is 3.53. The normalized spacial score (nSPS) is 26.3. The zero-order chi connectivity index (χ0) is 12.6. The van der Waals surface area contributed by atoms with E-state index in [2.05, 4.69) is 20.8 Å². The molecule has 0 amide bonds. The Balaban J connectivity index is 2.23. The number of hydrogen-bond acceptors (Lipinski definition) is 3. The molecule has 1 aromatic carbocycles. The first-order valence-electron chi connectivity index (χ1n) is 5.84. The van der Waals surface area contributed by atoms with Crippen LogP contribution in [0.3, 0.4) is 0 Å². The minimum absolute atomic E-state index is 0.456. The van der Waals surface area contributed by atoms with E-state index in [1.807, 2.05) is 25.1 Å². The van der Waals surface area contributed by atoms with Crippen LogP contribution in [0, 0.1) is 0 Å². The van der Waals surface area contributed by atoms with E-state index in [1.165, 1.54) is 0 Å². The number of rotatable bonds is 2. The predicted octanol–water partition coefficient (Wildman–Crippen LogP) is 2.46. The summed E-state index contributed by atoms with van der Waals surface area (Å²) in [6, 6.07) is 5.86. The molecular formula is C13H18BrNO2. The van der Waals surface area contributed by atoms with Crippen LogP contribution in [0.4, 0.5) is 5.69 Å². The van der Waals surface area contributed by atoms with Gasteiger partial charge < -0.3 is 15.1 Å². The van der Waals surface area contributed by atoms with Gasteiger partial charge in [-0.05, 0) is 53.9 Å². The maximum absolute atomic E-state index is 9.96. The number of benzene rings is 1. The van der Waals surface area contributed by atoms with Crippen molar-refractivity contribution in [1.29, 1.82) is 0 Å². The molecule has 2 atom stereocenters. The number of hydrogen-bond donors (Lipinski definition) is 2. The first-order chi connectivity index (χ1) is 7.89. The first-order valence-corrected chi connectivity index (χ1v) is 6.63. The molecule has 4 heteroatoms. The second kappa shape index (κ2) is 4.59. The number of nitrogens with zero attached hydrogens (tertiary/aromatic N) is 1. The van der Waals surface area contributed by atoms with Crippen LogP contribution in [0.15, 0.2) is 22.7 Å². The molecule has 1 aliphatic heterocycles. The maximum Gasteiger partial charge on any atom is 0.0810 e. The van der Waals surface area contributed by atoms with Crippen LogP contribution in [-0.4, -0.2) is 28.9 Å². The number of halogens is 1. The van der Waals surface area contributed by atoms with E-state index in [4.69, 9.17) is 0 Å². The summed E-state index contributed by atoms with van der Waals surface area (Å²) in [5.74, 6) is 0. The molecule has 3 nitrogen and oxygen atoms in total. The molecule has 1 unspecified atom stereocenters. The van der Waals surface area contributed by atoms with Crippen LogP contribution >= 0.6 is 15.9 Å². The van der Waals surface area contributed by atoms with Gasteiger partial charge in [0, 0.05) is 17.6 Å². The van der Waals surface area contributed by atoms with Gasteiger partial charge in [-0.3, -0.25) is 0 Å². The molecule has 94 valence electrons. The highest BCUT2D eigenvalue weighted by molar-refractivity contribution is 9.10. The fourth-order valence-electron chi connectivity index (χ4n) is 2.19. The molecule has 2 rings (SSSR count). The fraction of sp³-hybridized carbons (Fsp3) is 0.538. The van der Waals surface area contributed by atoms with Gasteiger partial charge in [0.1, 0.15) is 0 Å². The van der Waals surface area contributed by atoms with Crippen LogP contribution in [0.25, 0.3) is 0 Å².